The Hall–Kier alpha value is -2.90. The Labute approximate surface area is 157 Å². The number of aryl methyl sites for hydroxylation is 1. The van der Waals surface area contributed by atoms with Crippen LogP contribution in [0.2, 0.25) is 0 Å². The second-order valence-corrected chi connectivity index (χ2v) is 7.40. The molecule has 3 aromatic rings. The second kappa shape index (κ2) is 7.02. The zero-order valence-corrected chi connectivity index (χ0v) is 15.8. The normalized spacial score (nSPS) is 19.7. The maximum atomic E-state index is 11.8. The molecule has 1 aliphatic carbocycles. The number of pyridine rings is 1. The average Bonchev–Trinajstić information content (AvgIpc) is 3.31. The van der Waals surface area contributed by atoms with Crippen molar-refractivity contribution in [3.8, 4) is 11.5 Å². The molecule has 0 unspecified atom stereocenters. The van der Waals surface area contributed by atoms with Crippen LogP contribution in [-0.4, -0.2) is 43.0 Å². The molecule has 0 aromatic carbocycles. The molecule has 0 saturated heterocycles. The Morgan fingerprint density at radius 1 is 1.41 bits per heavy atom. The van der Waals surface area contributed by atoms with Gasteiger partial charge in [-0.1, -0.05) is 0 Å². The molecule has 27 heavy (non-hydrogen) atoms. The van der Waals surface area contributed by atoms with Crippen molar-refractivity contribution >= 4 is 17.3 Å². The van der Waals surface area contributed by atoms with Crippen LogP contribution in [0, 0.1) is 0 Å². The summed E-state index contributed by atoms with van der Waals surface area (Å²) in [6.07, 6.45) is 5.93. The molecule has 4 rings (SSSR count). The first-order valence-corrected chi connectivity index (χ1v) is 9.31. The quantitative estimate of drug-likeness (QED) is 0.737. The highest BCUT2D eigenvalue weighted by atomic mass is 16.6. The maximum absolute atomic E-state index is 11.8. The molecule has 1 saturated carbocycles. The van der Waals surface area contributed by atoms with E-state index in [1.165, 1.54) is 0 Å². The lowest BCUT2D eigenvalue weighted by molar-refractivity contribution is 0.0982. The molecular weight excluding hydrogens is 344 g/mol. The molecule has 3 heterocycles. The van der Waals surface area contributed by atoms with E-state index in [9.17, 15) is 4.79 Å². The number of aromatic nitrogens is 5. The van der Waals surface area contributed by atoms with Crippen molar-refractivity contribution in [1.29, 1.82) is 0 Å². The highest BCUT2D eigenvalue weighted by Gasteiger charge is 2.29. The molecule has 0 radical (unpaired) electrons. The van der Waals surface area contributed by atoms with Crippen LogP contribution in [0.15, 0.2) is 24.5 Å². The summed E-state index contributed by atoms with van der Waals surface area (Å²) in [6.45, 7) is 3.84. The van der Waals surface area contributed by atoms with Gasteiger partial charge < -0.3 is 15.0 Å². The van der Waals surface area contributed by atoms with E-state index >= 15 is 0 Å². The van der Waals surface area contributed by atoms with Crippen LogP contribution in [0.1, 0.15) is 44.6 Å². The summed E-state index contributed by atoms with van der Waals surface area (Å²) in [5, 5.41) is 6.96. The van der Waals surface area contributed by atoms with Crippen molar-refractivity contribution in [2.24, 2.45) is 7.05 Å². The van der Waals surface area contributed by atoms with Crippen molar-refractivity contribution in [3.05, 3.63) is 30.1 Å². The average molecular weight is 368 g/mol. The predicted octanol–water partition coefficient (Wildman–Crippen LogP) is 3.13. The Kier molecular flexibility index (Phi) is 4.55. The number of fused-ring (bicyclic) bond motifs is 1. The number of amides is 1. The van der Waals surface area contributed by atoms with E-state index in [0.717, 1.165) is 41.9 Å². The highest BCUT2D eigenvalue weighted by molar-refractivity contribution is 5.75. The van der Waals surface area contributed by atoms with Gasteiger partial charge in [0.1, 0.15) is 11.8 Å². The van der Waals surface area contributed by atoms with Crippen LogP contribution in [0.25, 0.3) is 22.7 Å². The van der Waals surface area contributed by atoms with Crippen molar-refractivity contribution < 1.29 is 9.53 Å². The molecule has 142 valence electrons. The van der Waals surface area contributed by atoms with Crippen LogP contribution in [0.5, 0.6) is 0 Å². The van der Waals surface area contributed by atoms with Crippen molar-refractivity contribution in [1.82, 2.24) is 30.0 Å². The van der Waals surface area contributed by atoms with E-state index in [2.05, 4.69) is 31.4 Å². The number of carbonyl (C=O) groups is 1. The number of imidazole rings is 1. The van der Waals surface area contributed by atoms with Gasteiger partial charge in [0.25, 0.3) is 0 Å². The number of rotatable bonds is 4. The summed E-state index contributed by atoms with van der Waals surface area (Å²) < 4.78 is 7.30. The standard InChI is InChI=1S/C19H24N6O2/c1-11(2)22-19(26)27-14-5-4-12(8-14)13-9-15-17(20-10-13)24-18(23-15)16-6-7-21-25(16)3/h6-7,9-12,14H,4-5,8H2,1-3H3,(H,22,26)(H,20,23,24)/t12-,14+/m0/s1. The largest absolute Gasteiger partial charge is 0.446 e. The van der Waals surface area contributed by atoms with E-state index < -0.39 is 0 Å². The predicted molar refractivity (Wildman–Crippen MR) is 101 cm³/mol. The third-order valence-electron chi connectivity index (χ3n) is 4.96. The zero-order valence-electron chi connectivity index (χ0n) is 15.8. The lowest BCUT2D eigenvalue weighted by Crippen LogP contribution is -2.33. The Morgan fingerprint density at radius 2 is 2.26 bits per heavy atom. The number of carbonyl (C=O) groups excluding carboxylic acids is 1. The van der Waals surface area contributed by atoms with Crippen molar-refractivity contribution in [2.75, 3.05) is 0 Å². The number of ether oxygens (including phenoxy) is 1. The third kappa shape index (κ3) is 3.65. The monoisotopic (exact) mass is 368 g/mol. The van der Waals surface area contributed by atoms with E-state index in [-0.39, 0.29) is 18.2 Å². The van der Waals surface area contributed by atoms with Crippen molar-refractivity contribution in [2.45, 2.75) is 51.2 Å². The van der Waals surface area contributed by atoms with E-state index in [1.54, 1.807) is 10.9 Å². The maximum Gasteiger partial charge on any atom is 0.407 e. The Morgan fingerprint density at radius 3 is 3.00 bits per heavy atom. The fourth-order valence-corrected chi connectivity index (χ4v) is 3.64. The van der Waals surface area contributed by atoms with Crippen LogP contribution < -0.4 is 5.32 Å². The first-order chi connectivity index (χ1) is 13.0. The van der Waals surface area contributed by atoms with Gasteiger partial charge in [-0.15, -0.1) is 0 Å². The molecule has 1 fully saturated rings. The van der Waals surface area contributed by atoms with Gasteiger partial charge in [0.2, 0.25) is 0 Å². The van der Waals surface area contributed by atoms with Gasteiger partial charge in [-0.25, -0.2) is 14.8 Å². The third-order valence-corrected chi connectivity index (χ3v) is 4.96. The summed E-state index contributed by atoms with van der Waals surface area (Å²) in [5.74, 6) is 1.09. The SMILES string of the molecule is CC(C)NC(=O)O[C@@H]1CC[C@H](c2cnc3nc(-c4ccnn4C)[nH]c3c2)C1. The number of hydrogen-bond acceptors (Lipinski definition) is 5. The molecule has 0 spiro atoms. The lowest BCUT2D eigenvalue weighted by atomic mass is 9.99. The van der Waals surface area contributed by atoms with Crippen molar-refractivity contribution in [3.63, 3.8) is 0 Å². The van der Waals surface area contributed by atoms with Gasteiger partial charge in [0.05, 0.1) is 5.52 Å². The zero-order chi connectivity index (χ0) is 19.0. The summed E-state index contributed by atoms with van der Waals surface area (Å²) in [7, 11) is 1.88. The summed E-state index contributed by atoms with van der Waals surface area (Å²) >= 11 is 0. The molecule has 0 bridgehead atoms. The van der Waals surface area contributed by atoms with E-state index in [1.807, 2.05) is 33.2 Å². The molecule has 1 amide bonds. The minimum Gasteiger partial charge on any atom is -0.446 e. The highest BCUT2D eigenvalue weighted by Crippen LogP contribution is 2.36. The minimum absolute atomic E-state index is 0.0452. The van der Waals surface area contributed by atoms with E-state index in [0.29, 0.717) is 11.6 Å². The molecule has 1 aliphatic rings. The first kappa shape index (κ1) is 17.5. The topological polar surface area (TPSA) is 97.7 Å². The lowest BCUT2D eigenvalue weighted by Gasteiger charge is -2.15. The van der Waals surface area contributed by atoms with Crippen LogP contribution in [-0.2, 0) is 11.8 Å². The number of nitrogens with one attached hydrogen (secondary N) is 2. The number of hydrogen-bond donors (Lipinski definition) is 2. The Bertz CT molecular complexity index is 960. The van der Waals surface area contributed by atoms with Gasteiger partial charge in [-0.2, -0.15) is 5.10 Å². The van der Waals surface area contributed by atoms with Crippen LogP contribution in [0.3, 0.4) is 0 Å². The van der Waals surface area contributed by atoms with Crippen LogP contribution >= 0.6 is 0 Å². The summed E-state index contributed by atoms with van der Waals surface area (Å²) in [5.41, 5.74) is 3.67. The molecule has 3 aromatic heterocycles. The molecular formula is C19H24N6O2. The van der Waals surface area contributed by atoms with Gasteiger partial charge in [-0.3, -0.25) is 4.68 Å². The second-order valence-electron chi connectivity index (χ2n) is 7.40. The molecule has 8 nitrogen and oxygen atoms in total. The molecule has 2 N–H and O–H groups in total. The summed E-state index contributed by atoms with van der Waals surface area (Å²) in [4.78, 5) is 24.2. The first-order valence-electron chi connectivity index (χ1n) is 9.31. The molecule has 8 heteroatoms. The van der Waals surface area contributed by atoms with E-state index in [4.69, 9.17) is 4.74 Å². The summed E-state index contributed by atoms with van der Waals surface area (Å²) in [6, 6.07) is 4.10. The smallest absolute Gasteiger partial charge is 0.407 e. The number of H-pyrrole nitrogens is 1. The molecule has 0 aliphatic heterocycles. The fraction of sp³-hybridized carbons (Fsp3) is 0.474. The Balaban J connectivity index is 1.48. The van der Waals surface area contributed by atoms with Gasteiger partial charge >= 0.3 is 6.09 Å². The van der Waals surface area contributed by atoms with Gasteiger partial charge in [0.15, 0.2) is 11.5 Å². The van der Waals surface area contributed by atoms with Gasteiger partial charge in [0, 0.05) is 25.5 Å². The number of alkyl carbamates (subject to hydrolysis) is 1. The fourth-order valence-electron chi connectivity index (χ4n) is 3.64. The number of aromatic amines is 1. The minimum atomic E-state index is -0.335. The number of nitrogens with zero attached hydrogens (tertiary/aromatic N) is 4. The van der Waals surface area contributed by atoms with Gasteiger partial charge in [-0.05, 0) is 56.7 Å². The molecule has 2 atom stereocenters. The van der Waals surface area contributed by atoms with Crippen LogP contribution in [0.4, 0.5) is 4.79 Å².